The average molecular weight is 219 g/mol. The maximum absolute atomic E-state index is 11.6. The third-order valence-corrected chi connectivity index (χ3v) is 2.68. The number of amides is 1. The molecule has 0 aromatic heterocycles. The molecule has 4 heteroatoms. The van der Waals surface area contributed by atoms with E-state index in [0.29, 0.717) is 11.3 Å². The lowest BCUT2D eigenvalue weighted by atomic mass is 10.1. The molecule has 0 aliphatic carbocycles. The van der Waals surface area contributed by atoms with Gasteiger partial charge in [-0.1, -0.05) is 12.1 Å². The summed E-state index contributed by atoms with van der Waals surface area (Å²) in [5.41, 5.74) is 1.11. The smallest absolute Gasteiger partial charge is 0.229 e. The van der Waals surface area contributed by atoms with Gasteiger partial charge in [0, 0.05) is 5.56 Å². The van der Waals surface area contributed by atoms with Crippen LogP contribution in [0, 0.1) is 0 Å². The first-order chi connectivity index (χ1) is 7.59. The highest BCUT2D eigenvalue weighted by molar-refractivity contribution is 6.05. The molecule has 0 radical (unpaired) electrons. The molecule has 0 saturated carbocycles. The van der Waals surface area contributed by atoms with Crippen LogP contribution in [-0.4, -0.2) is 29.4 Å². The summed E-state index contributed by atoms with van der Waals surface area (Å²) in [5, 5.41) is 9.41. The molecule has 1 aromatic rings. The number of carbonyl (C=O) groups excluding carboxylic acids is 2. The van der Waals surface area contributed by atoms with E-state index in [1.54, 1.807) is 24.3 Å². The summed E-state index contributed by atoms with van der Waals surface area (Å²) in [5.74, 6) is -0.217. The number of para-hydroxylation sites is 1. The first-order valence-electron chi connectivity index (χ1n) is 5.18. The number of ketones is 1. The third-order valence-electron chi connectivity index (χ3n) is 2.68. The normalized spacial score (nSPS) is 20.2. The van der Waals surface area contributed by atoms with Crippen molar-refractivity contribution < 1.29 is 14.7 Å². The molecular weight excluding hydrogens is 206 g/mol. The fourth-order valence-electron chi connectivity index (χ4n) is 1.93. The second kappa shape index (κ2) is 4.06. The molecule has 0 spiro atoms. The second-order valence-electron chi connectivity index (χ2n) is 3.94. The zero-order valence-electron chi connectivity index (χ0n) is 9.01. The van der Waals surface area contributed by atoms with E-state index in [2.05, 4.69) is 0 Å². The molecule has 1 aromatic carbocycles. The van der Waals surface area contributed by atoms with E-state index in [0.717, 1.165) is 0 Å². The van der Waals surface area contributed by atoms with Crippen LogP contribution in [0.4, 0.5) is 5.69 Å². The predicted octanol–water partition coefficient (Wildman–Crippen LogP) is 0.987. The van der Waals surface area contributed by atoms with Gasteiger partial charge in [0.2, 0.25) is 5.91 Å². The Morgan fingerprint density at radius 3 is 2.69 bits per heavy atom. The molecule has 0 bridgehead atoms. The van der Waals surface area contributed by atoms with Gasteiger partial charge in [0.25, 0.3) is 0 Å². The Morgan fingerprint density at radius 2 is 2.12 bits per heavy atom. The van der Waals surface area contributed by atoms with Gasteiger partial charge in [-0.2, -0.15) is 0 Å². The van der Waals surface area contributed by atoms with Crippen LogP contribution in [0.25, 0.3) is 0 Å². The van der Waals surface area contributed by atoms with Gasteiger partial charge in [-0.15, -0.1) is 0 Å². The van der Waals surface area contributed by atoms with Crippen molar-refractivity contribution in [1.82, 2.24) is 0 Å². The molecular formula is C12H13NO3. The Morgan fingerprint density at radius 1 is 1.44 bits per heavy atom. The number of anilines is 1. The molecule has 1 fully saturated rings. The van der Waals surface area contributed by atoms with Crippen LogP contribution in [0.1, 0.15) is 23.7 Å². The zero-order valence-corrected chi connectivity index (χ0v) is 9.01. The summed E-state index contributed by atoms with van der Waals surface area (Å²) < 4.78 is 0. The Balaban J connectivity index is 2.40. The predicted molar refractivity (Wildman–Crippen MR) is 59.4 cm³/mol. The second-order valence-corrected chi connectivity index (χ2v) is 3.94. The van der Waals surface area contributed by atoms with Crippen molar-refractivity contribution in [3.63, 3.8) is 0 Å². The minimum absolute atomic E-state index is 0.0789. The molecule has 1 N–H and O–H groups in total. The van der Waals surface area contributed by atoms with Crippen LogP contribution in [0.3, 0.4) is 0 Å². The van der Waals surface area contributed by atoms with Crippen molar-refractivity contribution in [3.8, 4) is 0 Å². The molecule has 4 nitrogen and oxygen atoms in total. The van der Waals surface area contributed by atoms with Gasteiger partial charge in [0.05, 0.1) is 24.8 Å². The van der Waals surface area contributed by atoms with E-state index in [1.165, 1.54) is 11.8 Å². The van der Waals surface area contributed by atoms with Crippen LogP contribution >= 0.6 is 0 Å². The molecule has 2 rings (SSSR count). The number of Topliss-reactive ketones (excluding diaryl/α,β-unsaturated/α-hetero) is 1. The fraction of sp³-hybridized carbons (Fsp3) is 0.333. The lowest BCUT2D eigenvalue weighted by molar-refractivity contribution is -0.117. The average Bonchev–Trinajstić information content (AvgIpc) is 2.57. The van der Waals surface area contributed by atoms with Crippen molar-refractivity contribution in [1.29, 1.82) is 0 Å². The molecule has 1 saturated heterocycles. The summed E-state index contributed by atoms with van der Waals surface area (Å²) in [6.07, 6.45) is -0.501. The summed E-state index contributed by atoms with van der Waals surface area (Å²) >= 11 is 0. The number of aliphatic hydroxyl groups is 1. The molecule has 1 aliphatic heterocycles. The summed E-state index contributed by atoms with van der Waals surface area (Å²) in [7, 11) is 0. The Bertz CT molecular complexity index is 442. The minimum atomic E-state index is -0.632. The van der Waals surface area contributed by atoms with Crippen molar-refractivity contribution in [3.05, 3.63) is 29.8 Å². The van der Waals surface area contributed by atoms with Gasteiger partial charge in [-0.3, -0.25) is 9.59 Å². The lowest BCUT2D eigenvalue weighted by Gasteiger charge is -2.18. The Labute approximate surface area is 93.5 Å². The van der Waals surface area contributed by atoms with E-state index in [-0.39, 0.29) is 24.7 Å². The van der Waals surface area contributed by atoms with E-state index >= 15 is 0 Å². The molecule has 84 valence electrons. The number of benzene rings is 1. The number of β-amino-alcohol motifs (C(OH)–C–C–N with tert-alkyl or cyclic N) is 1. The quantitative estimate of drug-likeness (QED) is 0.754. The Hall–Kier alpha value is -1.68. The van der Waals surface area contributed by atoms with Crippen molar-refractivity contribution >= 4 is 17.4 Å². The number of nitrogens with zero attached hydrogens (tertiary/aromatic N) is 1. The molecule has 1 aliphatic rings. The summed E-state index contributed by atoms with van der Waals surface area (Å²) in [4.78, 5) is 24.5. The number of hydrogen-bond acceptors (Lipinski definition) is 3. The monoisotopic (exact) mass is 219 g/mol. The van der Waals surface area contributed by atoms with Crippen LogP contribution < -0.4 is 4.90 Å². The van der Waals surface area contributed by atoms with Gasteiger partial charge >= 0.3 is 0 Å². The van der Waals surface area contributed by atoms with Gasteiger partial charge in [-0.25, -0.2) is 0 Å². The third kappa shape index (κ3) is 1.84. The van der Waals surface area contributed by atoms with E-state index in [9.17, 15) is 14.7 Å². The Kier molecular flexibility index (Phi) is 2.75. The maximum Gasteiger partial charge on any atom is 0.229 e. The maximum atomic E-state index is 11.6. The van der Waals surface area contributed by atoms with E-state index in [1.807, 2.05) is 0 Å². The topological polar surface area (TPSA) is 57.6 Å². The first kappa shape index (κ1) is 10.8. The number of rotatable bonds is 2. The molecule has 1 atom stereocenters. The highest BCUT2D eigenvalue weighted by atomic mass is 16.3. The highest BCUT2D eigenvalue weighted by Gasteiger charge is 2.30. The van der Waals surface area contributed by atoms with Gasteiger partial charge in [0.1, 0.15) is 0 Å². The van der Waals surface area contributed by atoms with Crippen molar-refractivity contribution in [2.45, 2.75) is 19.4 Å². The van der Waals surface area contributed by atoms with Gasteiger partial charge in [0.15, 0.2) is 5.78 Å². The summed E-state index contributed by atoms with van der Waals surface area (Å²) in [6.45, 7) is 1.74. The van der Waals surface area contributed by atoms with Crippen molar-refractivity contribution in [2.75, 3.05) is 11.4 Å². The molecule has 1 unspecified atom stereocenters. The van der Waals surface area contributed by atoms with Crippen LogP contribution in [-0.2, 0) is 4.79 Å². The van der Waals surface area contributed by atoms with E-state index in [4.69, 9.17) is 0 Å². The largest absolute Gasteiger partial charge is 0.391 e. The zero-order chi connectivity index (χ0) is 11.7. The minimum Gasteiger partial charge on any atom is -0.391 e. The van der Waals surface area contributed by atoms with Gasteiger partial charge in [-0.05, 0) is 19.1 Å². The number of aliphatic hydroxyl groups excluding tert-OH is 1. The van der Waals surface area contributed by atoms with Crippen molar-refractivity contribution in [2.24, 2.45) is 0 Å². The highest BCUT2D eigenvalue weighted by Crippen LogP contribution is 2.25. The SMILES string of the molecule is CC(=O)c1ccccc1N1CC(O)CC1=O. The number of carbonyl (C=O) groups is 2. The van der Waals surface area contributed by atoms with Gasteiger partial charge < -0.3 is 10.0 Å². The fourth-order valence-corrected chi connectivity index (χ4v) is 1.93. The van der Waals surface area contributed by atoms with Crippen LogP contribution in [0.5, 0.6) is 0 Å². The molecule has 1 amide bonds. The van der Waals surface area contributed by atoms with E-state index < -0.39 is 6.10 Å². The number of hydrogen-bond donors (Lipinski definition) is 1. The molecule has 16 heavy (non-hydrogen) atoms. The first-order valence-corrected chi connectivity index (χ1v) is 5.18. The van der Waals surface area contributed by atoms with Crippen LogP contribution in [0.2, 0.25) is 0 Å². The standard InChI is InChI=1S/C12H13NO3/c1-8(14)10-4-2-3-5-11(10)13-7-9(15)6-12(13)16/h2-5,9,15H,6-7H2,1H3. The summed E-state index contributed by atoms with van der Waals surface area (Å²) in [6, 6.07) is 6.96. The van der Waals surface area contributed by atoms with Crippen LogP contribution in [0.15, 0.2) is 24.3 Å². The lowest BCUT2D eigenvalue weighted by Crippen LogP contribution is -2.26. The molecule has 1 heterocycles.